The Labute approximate surface area is 218 Å². The lowest BCUT2D eigenvalue weighted by molar-refractivity contribution is -0.137. The van der Waals surface area contributed by atoms with Crippen molar-refractivity contribution >= 4 is 22.5 Å². The first kappa shape index (κ1) is 25.7. The second-order valence-electron chi connectivity index (χ2n) is 9.67. The minimum atomic E-state index is -4.38. The van der Waals surface area contributed by atoms with Gasteiger partial charge in [-0.1, -0.05) is 11.6 Å². The van der Waals surface area contributed by atoms with Crippen LogP contribution >= 0.6 is 11.6 Å². The molecule has 0 bridgehead atoms. The van der Waals surface area contributed by atoms with E-state index < -0.39 is 11.7 Å². The van der Waals surface area contributed by atoms with Gasteiger partial charge in [0.2, 0.25) is 11.8 Å². The van der Waals surface area contributed by atoms with E-state index in [1.807, 2.05) is 18.2 Å². The number of halogens is 4. The molecular weight excluding hydrogens is 503 g/mol. The number of aromatic nitrogens is 3. The average Bonchev–Trinajstić information content (AvgIpc) is 3.36. The van der Waals surface area contributed by atoms with E-state index in [2.05, 4.69) is 15.2 Å². The van der Waals surface area contributed by atoms with Gasteiger partial charge in [-0.15, -0.1) is 10.2 Å². The Morgan fingerprint density at radius 1 is 1.03 bits per heavy atom. The van der Waals surface area contributed by atoms with Crippen LogP contribution in [-0.2, 0) is 17.3 Å². The first-order chi connectivity index (χ1) is 17.8. The number of fused-ring (bicyclic) bond motifs is 1. The summed E-state index contributed by atoms with van der Waals surface area (Å²) in [7, 11) is 1.69. The fraction of sp³-hybridized carbons (Fsp3) is 0.393. The van der Waals surface area contributed by atoms with Crippen molar-refractivity contribution in [1.82, 2.24) is 15.2 Å². The number of hydrogen-bond donors (Lipinski definition) is 0. The Morgan fingerprint density at radius 2 is 1.78 bits per heavy atom. The highest BCUT2D eigenvalue weighted by atomic mass is 35.5. The molecule has 1 aliphatic carbocycles. The summed E-state index contributed by atoms with van der Waals surface area (Å²) in [6.45, 7) is 0.571. The first-order valence-electron chi connectivity index (χ1n) is 12.3. The molecule has 0 aliphatic heterocycles. The molecule has 5 rings (SSSR count). The number of alkyl halides is 3. The molecule has 0 radical (unpaired) electrons. The third kappa shape index (κ3) is 5.80. The molecular formula is C28H27ClF3N3O2. The number of methoxy groups -OCH3 is 1. The molecule has 0 saturated heterocycles. The van der Waals surface area contributed by atoms with Gasteiger partial charge in [0.1, 0.15) is 0 Å². The number of ether oxygens (including phenoxy) is 1. The molecule has 1 saturated carbocycles. The van der Waals surface area contributed by atoms with Crippen LogP contribution in [0.25, 0.3) is 22.4 Å². The molecule has 2 heterocycles. The van der Waals surface area contributed by atoms with Crippen LogP contribution < -0.4 is 0 Å². The van der Waals surface area contributed by atoms with E-state index in [0.29, 0.717) is 46.7 Å². The highest BCUT2D eigenvalue weighted by molar-refractivity contribution is 6.30. The summed E-state index contributed by atoms with van der Waals surface area (Å²) in [4.78, 5) is 4.29. The minimum Gasteiger partial charge on any atom is -0.421 e. The van der Waals surface area contributed by atoms with E-state index in [1.165, 1.54) is 12.1 Å². The molecule has 37 heavy (non-hydrogen) atoms. The minimum absolute atomic E-state index is 0.188. The zero-order valence-electron chi connectivity index (χ0n) is 20.3. The van der Waals surface area contributed by atoms with Gasteiger partial charge in [0.25, 0.3) is 0 Å². The van der Waals surface area contributed by atoms with E-state index in [1.54, 1.807) is 25.4 Å². The normalized spacial score (nSPS) is 19.3. The summed E-state index contributed by atoms with van der Waals surface area (Å²) < 4.78 is 51.5. The van der Waals surface area contributed by atoms with E-state index >= 15 is 0 Å². The smallest absolute Gasteiger partial charge is 0.416 e. The molecule has 9 heteroatoms. The Balaban J connectivity index is 1.28. The van der Waals surface area contributed by atoms with Gasteiger partial charge < -0.3 is 9.15 Å². The molecule has 4 aromatic rings. The molecule has 2 aromatic heterocycles. The van der Waals surface area contributed by atoms with Gasteiger partial charge in [-0.3, -0.25) is 4.98 Å². The van der Waals surface area contributed by atoms with E-state index in [0.717, 1.165) is 42.9 Å². The second-order valence-corrected chi connectivity index (χ2v) is 10.1. The van der Waals surface area contributed by atoms with Gasteiger partial charge in [0.05, 0.1) is 11.1 Å². The van der Waals surface area contributed by atoms with Crippen molar-refractivity contribution in [2.45, 2.75) is 44.2 Å². The zero-order valence-corrected chi connectivity index (χ0v) is 21.1. The van der Waals surface area contributed by atoms with Gasteiger partial charge in [-0.2, -0.15) is 13.2 Å². The molecule has 0 N–H and O–H groups in total. The number of nitrogens with zero attached hydrogens (tertiary/aromatic N) is 3. The van der Waals surface area contributed by atoms with Gasteiger partial charge in [-0.25, -0.2) is 0 Å². The molecule has 0 amide bonds. The Morgan fingerprint density at radius 3 is 2.49 bits per heavy atom. The maximum Gasteiger partial charge on any atom is 0.416 e. The quantitative estimate of drug-likeness (QED) is 0.245. The highest BCUT2D eigenvalue weighted by Crippen LogP contribution is 2.42. The van der Waals surface area contributed by atoms with Crippen LogP contribution in [0.5, 0.6) is 0 Å². The van der Waals surface area contributed by atoms with Gasteiger partial charge >= 0.3 is 6.18 Å². The lowest BCUT2D eigenvalue weighted by Crippen LogP contribution is -2.26. The van der Waals surface area contributed by atoms with Crippen LogP contribution in [-0.4, -0.2) is 28.9 Å². The topological polar surface area (TPSA) is 61.0 Å². The number of hydrogen-bond acceptors (Lipinski definition) is 5. The molecule has 194 valence electrons. The Kier molecular flexibility index (Phi) is 7.49. The molecule has 1 aliphatic rings. The predicted molar refractivity (Wildman–Crippen MR) is 135 cm³/mol. The van der Waals surface area contributed by atoms with Crippen molar-refractivity contribution in [3.8, 4) is 11.5 Å². The summed E-state index contributed by atoms with van der Waals surface area (Å²) in [6.07, 6.45) is 1.59. The fourth-order valence-electron chi connectivity index (χ4n) is 5.45. The van der Waals surface area contributed by atoms with Crippen LogP contribution in [0.15, 0.2) is 59.1 Å². The van der Waals surface area contributed by atoms with Gasteiger partial charge in [0, 0.05) is 42.3 Å². The molecule has 1 unspecified atom stereocenters. The van der Waals surface area contributed by atoms with Crippen molar-refractivity contribution < 1.29 is 22.3 Å². The van der Waals surface area contributed by atoms with Crippen LogP contribution in [0.1, 0.15) is 48.6 Å². The maximum absolute atomic E-state index is 13.3. The molecule has 1 atom stereocenters. The second kappa shape index (κ2) is 10.8. The van der Waals surface area contributed by atoms with E-state index in [9.17, 15) is 13.2 Å². The molecule has 2 aromatic carbocycles. The average molecular weight is 530 g/mol. The summed E-state index contributed by atoms with van der Waals surface area (Å²) in [6, 6.07) is 12.9. The number of rotatable bonds is 7. The van der Waals surface area contributed by atoms with Crippen LogP contribution in [0, 0.1) is 11.8 Å². The third-order valence-electron chi connectivity index (χ3n) is 7.36. The third-order valence-corrected chi connectivity index (χ3v) is 7.61. The molecule has 1 fully saturated rings. The summed E-state index contributed by atoms with van der Waals surface area (Å²) in [5, 5.41) is 9.68. The van der Waals surface area contributed by atoms with Crippen molar-refractivity contribution in [2.24, 2.45) is 11.8 Å². The molecule has 0 spiro atoms. The van der Waals surface area contributed by atoms with Gasteiger partial charge in [0.15, 0.2) is 0 Å². The Hall–Kier alpha value is -2.97. The zero-order chi connectivity index (χ0) is 26.0. The van der Waals surface area contributed by atoms with Crippen LogP contribution in [0.3, 0.4) is 0 Å². The predicted octanol–water partition coefficient (Wildman–Crippen LogP) is 7.74. The number of benzene rings is 2. The lowest BCUT2D eigenvalue weighted by Gasteiger charge is -2.33. The number of pyridine rings is 1. The summed E-state index contributed by atoms with van der Waals surface area (Å²) in [5.41, 5.74) is 1.71. The van der Waals surface area contributed by atoms with Crippen LogP contribution in [0.4, 0.5) is 13.2 Å². The van der Waals surface area contributed by atoms with Crippen molar-refractivity contribution in [2.75, 3.05) is 13.7 Å². The monoisotopic (exact) mass is 529 g/mol. The summed E-state index contributed by atoms with van der Waals surface area (Å²) >= 11 is 5.97. The summed E-state index contributed by atoms with van der Waals surface area (Å²) in [5.74, 6) is 1.80. The Bertz CT molecular complexity index is 1350. The van der Waals surface area contributed by atoms with Crippen molar-refractivity contribution in [3.63, 3.8) is 0 Å². The highest BCUT2D eigenvalue weighted by Gasteiger charge is 2.33. The first-order valence-corrected chi connectivity index (χ1v) is 12.7. The van der Waals surface area contributed by atoms with Gasteiger partial charge in [-0.05, 0) is 97.5 Å². The van der Waals surface area contributed by atoms with E-state index in [-0.39, 0.29) is 11.8 Å². The SMILES string of the molecule is COCC(Cc1nnc(-c2ccc(Cl)cc2)o1)C1CCC(c2ccnc3ccc(C(F)(F)F)cc23)CC1. The lowest BCUT2D eigenvalue weighted by atomic mass is 9.72. The largest absolute Gasteiger partial charge is 0.421 e. The maximum atomic E-state index is 13.3. The van der Waals surface area contributed by atoms with Crippen molar-refractivity contribution in [1.29, 1.82) is 0 Å². The van der Waals surface area contributed by atoms with Crippen LogP contribution in [0.2, 0.25) is 5.02 Å². The molecule has 5 nitrogen and oxygen atoms in total. The standard InChI is InChI=1S/C28H27ClF3N3O2/c1-36-16-20(14-26-34-35-27(37-26)19-6-9-22(29)10-7-19)17-2-4-18(5-3-17)23-12-13-33-25-11-8-21(15-24(23)25)28(30,31)32/h6-13,15,17-18,20H,2-5,14,16H2,1H3. The fourth-order valence-corrected chi connectivity index (χ4v) is 5.57. The van der Waals surface area contributed by atoms with Crippen molar-refractivity contribution in [3.05, 3.63) is 76.8 Å². The van der Waals surface area contributed by atoms with E-state index in [4.69, 9.17) is 20.8 Å².